The molecule has 21 heavy (non-hydrogen) atoms. The molecule has 2 heterocycles. The van der Waals surface area contributed by atoms with Crippen LogP contribution >= 0.6 is 11.3 Å². The zero-order valence-corrected chi connectivity index (χ0v) is 13.7. The number of carbonyl (C=O) groups is 1. The zero-order chi connectivity index (χ0) is 15.6. The SMILES string of the molecule is CC(C)(C)Nc1nc(N)c(C(=O)N2CCCC(CO)C2)s1. The standard InChI is InChI=1S/C14H24N4O2S/c1-14(2,3)17-13-16-11(15)10(21-13)12(20)18-6-4-5-9(7-18)8-19/h9,19H,4-8,15H2,1-3H3,(H,16,17). The van der Waals surface area contributed by atoms with Gasteiger partial charge >= 0.3 is 0 Å². The highest BCUT2D eigenvalue weighted by atomic mass is 32.1. The first kappa shape index (κ1) is 16.0. The number of hydrogen-bond acceptors (Lipinski definition) is 6. The third-order valence-corrected chi connectivity index (χ3v) is 4.37. The number of piperidine rings is 1. The van der Waals surface area contributed by atoms with E-state index in [0.717, 1.165) is 12.8 Å². The number of rotatable bonds is 3. The van der Waals surface area contributed by atoms with Crippen molar-refractivity contribution in [2.45, 2.75) is 39.2 Å². The van der Waals surface area contributed by atoms with Gasteiger partial charge in [0.25, 0.3) is 5.91 Å². The van der Waals surface area contributed by atoms with Crippen molar-refractivity contribution in [3.05, 3.63) is 4.88 Å². The largest absolute Gasteiger partial charge is 0.396 e. The van der Waals surface area contributed by atoms with E-state index in [1.165, 1.54) is 11.3 Å². The maximum absolute atomic E-state index is 12.6. The number of nitrogens with zero attached hydrogens (tertiary/aromatic N) is 2. The molecule has 0 saturated carbocycles. The number of aromatic nitrogens is 1. The van der Waals surface area contributed by atoms with Gasteiger partial charge in [0, 0.05) is 25.2 Å². The summed E-state index contributed by atoms with van der Waals surface area (Å²) in [6, 6.07) is 0. The molecule has 6 nitrogen and oxygen atoms in total. The van der Waals surface area contributed by atoms with Crippen LogP contribution < -0.4 is 11.1 Å². The Balaban J connectivity index is 2.12. The van der Waals surface area contributed by atoms with E-state index in [1.807, 2.05) is 20.8 Å². The summed E-state index contributed by atoms with van der Waals surface area (Å²) in [6.45, 7) is 7.52. The van der Waals surface area contributed by atoms with Gasteiger partial charge in [-0.1, -0.05) is 11.3 Å². The Morgan fingerprint density at radius 3 is 2.90 bits per heavy atom. The molecule has 1 unspecified atom stereocenters. The minimum Gasteiger partial charge on any atom is -0.396 e. The summed E-state index contributed by atoms with van der Waals surface area (Å²) >= 11 is 1.30. The molecule has 0 radical (unpaired) electrons. The van der Waals surface area contributed by atoms with Crippen LogP contribution in [0.1, 0.15) is 43.3 Å². The van der Waals surface area contributed by atoms with Crippen LogP contribution in [0.25, 0.3) is 0 Å². The van der Waals surface area contributed by atoms with E-state index in [2.05, 4.69) is 10.3 Å². The van der Waals surface area contributed by atoms with Crippen molar-refractivity contribution < 1.29 is 9.90 Å². The fraction of sp³-hybridized carbons (Fsp3) is 0.714. The van der Waals surface area contributed by atoms with E-state index in [-0.39, 0.29) is 29.8 Å². The van der Waals surface area contributed by atoms with Crippen molar-refractivity contribution >= 4 is 28.2 Å². The fourth-order valence-corrected chi connectivity index (χ4v) is 3.46. The second kappa shape index (κ2) is 6.19. The molecule has 1 aromatic heterocycles. The normalized spacial score (nSPS) is 19.6. The summed E-state index contributed by atoms with van der Waals surface area (Å²) in [7, 11) is 0. The second-order valence-electron chi connectivity index (χ2n) is 6.55. The zero-order valence-electron chi connectivity index (χ0n) is 12.8. The number of nitrogens with two attached hydrogens (primary N) is 1. The summed E-state index contributed by atoms with van der Waals surface area (Å²) in [5.41, 5.74) is 5.77. The van der Waals surface area contributed by atoms with Crippen molar-refractivity contribution in [1.29, 1.82) is 0 Å². The van der Waals surface area contributed by atoms with Crippen LogP contribution in [0.2, 0.25) is 0 Å². The molecule has 1 atom stereocenters. The third-order valence-electron chi connectivity index (χ3n) is 3.39. The Morgan fingerprint density at radius 1 is 1.57 bits per heavy atom. The van der Waals surface area contributed by atoms with Crippen molar-refractivity contribution in [1.82, 2.24) is 9.88 Å². The highest BCUT2D eigenvalue weighted by Gasteiger charge is 2.27. The first-order valence-electron chi connectivity index (χ1n) is 7.25. The van der Waals surface area contributed by atoms with E-state index < -0.39 is 0 Å². The molecular formula is C14H24N4O2S. The second-order valence-corrected chi connectivity index (χ2v) is 7.55. The Bertz CT molecular complexity index is 510. The smallest absolute Gasteiger partial charge is 0.267 e. The van der Waals surface area contributed by atoms with Gasteiger partial charge in [-0.05, 0) is 39.5 Å². The number of aliphatic hydroxyl groups excluding tert-OH is 1. The molecule has 1 amide bonds. The van der Waals surface area contributed by atoms with Gasteiger partial charge < -0.3 is 21.1 Å². The van der Waals surface area contributed by atoms with Crippen LogP contribution in [0, 0.1) is 5.92 Å². The summed E-state index contributed by atoms with van der Waals surface area (Å²) < 4.78 is 0. The van der Waals surface area contributed by atoms with E-state index in [0.29, 0.717) is 23.1 Å². The first-order valence-corrected chi connectivity index (χ1v) is 8.06. The van der Waals surface area contributed by atoms with Crippen molar-refractivity contribution in [3.8, 4) is 0 Å². The van der Waals surface area contributed by atoms with E-state index in [4.69, 9.17) is 5.73 Å². The van der Waals surface area contributed by atoms with Crippen LogP contribution in [0.4, 0.5) is 10.9 Å². The molecule has 2 rings (SSSR count). The van der Waals surface area contributed by atoms with Crippen LogP contribution in [-0.2, 0) is 0 Å². The molecule has 1 saturated heterocycles. The van der Waals surface area contributed by atoms with E-state index >= 15 is 0 Å². The van der Waals surface area contributed by atoms with E-state index in [1.54, 1.807) is 4.90 Å². The van der Waals surface area contributed by atoms with Crippen molar-refractivity contribution in [2.24, 2.45) is 5.92 Å². The Morgan fingerprint density at radius 2 is 2.29 bits per heavy atom. The minimum atomic E-state index is -0.127. The van der Waals surface area contributed by atoms with E-state index in [9.17, 15) is 9.90 Å². The lowest BCUT2D eigenvalue weighted by Crippen LogP contribution is -2.40. The maximum Gasteiger partial charge on any atom is 0.267 e. The van der Waals surface area contributed by atoms with Gasteiger partial charge in [-0.3, -0.25) is 4.79 Å². The molecule has 1 aliphatic heterocycles. The molecule has 1 fully saturated rings. The summed E-state index contributed by atoms with van der Waals surface area (Å²) in [5, 5.41) is 13.2. The molecule has 0 aromatic carbocycles. The molecule has 7 heteroatoms. The Labute approximate surface area is 129 Å². The number of hydrogen-bond donors (Lipinski definition) is 3. The predicted octanol–water partition coefficient (Wildman–Crippen LogP) is 1.78. The first-order chi connectivity index (χ1) is 9.80. The molecule has 1 aliphatic rings. The fourth-order valence-electron chi connectivity index (χ4n) is 2.40. The number of aliphatic hydroxyl groups is 1. The van der Waals surface area contributed by atoms with Gasteiger partial charge in [-0.25, -0.2) is 4.98 Å². The lowest BCUT2D eigenvalue weighted by molar-refractivity contribution is 0.0626. The minimum absolute atomic E-state index is 0.0786. The Hall–Kier alpha value is -1.34. The summed E-state index contributed by atoms with van der Waals surface area (Å²) in [6.07, 6.45) is 1.89. The number of anilines is 2. The topological polar surface area (TPSA) is 91.5 Å². The molecular weight excluding hydrogens is 288 g/mol. The molecule has 0 aliphatic carbocycles. The highest BCUT2D eigenvalue weighted by molar-refractivity contribution is 7.18. The number of thiazole rings is 1. The van der Waals surface area contributed by atoms with Gasteiger partial charge in [0.2, 0.25) is 0 Å². The lowest BCUT2D eigenvalue weighted by Gasteiger charge is -2.31. The van der Waals surface area contributed by atoms with Crippen molar-refractivity contribution in [3.63, 3.8) is 0 Å². The molecule has 4 N–H and O–H groups in total. The Kier molecular flexibility index (Phi) is 4.73. The van der Waals surface area contributed by atoms with Crippen LogP contribution in [0.15, 0.2) is 0 Å². The van der Waals surface area contributed by atoms with Crippen LogP contribution in [0.5, 0.6) is 0 Å². The average molecular weight is 312 g/mol. The highest BCUT2D eigenvalue weighted by Crippen LogP contribution is 2.29. The number of nitrogen functional groups attached to an aromatic ring is 1. The molecule has 1 aromatic rings. The number of amides is 1. The summed E-state index contributed by atoms with van der Waals surface area (Å²) in [4.78, 5) is 19.1. The van der Waals surface area contributed by atoms with Crippen molar-refractivity contribution in [2.75, 3.05) is 30.7 Å². The quantitative estimate of drug-likeness (QED) is 0.791. The lowest BCUT2D eigenvalue weighted by atomic mass is 9.99. The van der Waals surface area contributed by atoms with Gasteiger partial charge in [-0.2, -0.15) is 0 Å². The molecule has 118 valence electrons. The van der Waals surface area contributed by atoms with Gasteiger partial charge in [0.05, 0.1) is 0 Å². The van der Waals surface area contributed by atoms with Crippen LogP contribution in [-0.4, -0.2) is 46.1 Å². The third kappa shape index (κ3) is 4.07. The number of nitrogens with one attached hydrogen (secondary N) is 1. The average Bonchev–Trinajstić information content (AvgIpc) is 2.76. The maximum atomic E-state index is 12.6. The van der Waals surface area contributed by atoms with Crippen LogP contribution in [0.3, 0.4) is 0 Å². The molecule has 0 bridgehead atoms. The van der Waals surface area contributed by atoms with Gasteiger partial charge in [0.15, 0.2) is 5.13 Å². The molecule has 0 spiro atoms. The number of carbonyl (C=O) groups excluding carboxylic acids is 1. The van der Waals surface area contributed by atoms with Gasteiger partial charge in [0.1, 0.15) is 10.7 Å². The summed E-state index contributed by atoms with van der Waals surface area (Å²) in [5.74, 6) is 0.372. The van der Waals surface area contributed by atoms with Gasteiger partial charge in [-0.15, -0.1) is 0 Å². The monoisotopic (exact) mass is 312 g/mol. The predicted molar refractivity (Wildman–Crippen MR) is 85.6 cm³/mol. The number of likely N-dealkylation sites (tertiary alicyclic amines) is 1.